The van der Waals surface area contributed by atoms with Gasteiger partial charge in [0.15, 0.2) is 5.96 Å². The lowest BCUT2D eigenvalue weighted by Gasteiger charge is -2.36. The Morgan fingerprint density at radius 1 is 1.33 bits per heavy atom. The first-order valence-corrected chi connectivity index (χ1v) is 9.25. The average Bonchev–Trinajstić information content (AvgIpc) is 3.05. The molecule has 2 rings (SSSR count). The Morgan fingerprint density at radius 3 is 2.50 bits per heavy atom. The smallest absolute Gasteiger partial charge is 0.410 e. The Balaban J connectivity index is 1.81. The quantitative estimate of drug-likeness (QED) is 0.671. The Morgan fingerprint density at radius 2 is 1.96 bits per heavy atom. The zero-order valence-electron chi connectivity index (χ0n) is 15.0. The van der Waals surface area contributed by atoms with Gasteiger partial charge in [-0.3, -0.25) is 4.99 Å². The van der Waals surface area contributed by atoms with E-state index in [1.54, 1.807) is 16.2 Å². The maximum Gasteiger partial charge on any atom is 0.410 e. The second-order valence-electron chi connectivity index (χ2n) is 7.11. The first-order valence-electron chi connectivity index (χ1n) is 8.31. The van der Waals surface area contributed by atoms with Gasteiger partial charge < -0.3 is 20.3 Å². The molecule has 0 bridgehead atoms. The van der Waals surface area contributed by atoms with E-state index in [4.69, 9.17) is 10.5 Å². The minimum atomic E-state index is -0.466. The second-order valence-corrected chi connectivity index (χ2v) is 7.89. The van der Waals surface area contributed by atoms with Crippen molar-refractivity contribution in [2.75, 3.05) is 32.7 Å². The number of nitrogens with zero attached hydrogens (tertiary/aromatic N) is 3. The molecule has 1 aromatic heterocycles. The van der Waals surface area contributed by atoms with E-state index in [0.717, 1.165) is 0 Å². The number of hydrogen-bond donors (Lipinski definition) is 1. The van der Waals surface area contributed by atoms with Gasteiger partial charge in [-0.05, 0) is 43.2 Å². The normalized spacial score (nSPS) is 17.8. The van der Waals surface area contributed by atoms with Gasteiger partial charge in [0.1, 0.15) is 5.60 Å². The van der Waals surface area contributed by atoms with Crippen molar-refractivity contribution in [3.8, 4) is 0 Å². The maximum absolute atomic E-state index is 12.1. The van der Waals surface area contributed by atoms with Crippen molar-refractivity contribution in [1.82, 2.24) is 9.80 Å². The molecule has 6 nitrogen and oxygen atoms in total. The topological polar surface area (TPSA) is 71.2 Å². The molecule has 1 aliphatic heterocycles. The average molecular weight is 353 g/mol. The first kappa shape index (κ1) is 18.6. The molecule has 1 amide bonds. The van der Waals surface area contributed by atoms with E-state index in [1.807, 2.05) is 25.7 Å². The molecule has 0 saturated carbocycles. The fourth-order valence-corrected chi connectivity index (χ4v) is 3.22. The van der Waals surface area contributed by atoms with Crippen molar-refractivity contribution < 1.29 is 9.53 Å². The number of amides is 1. The highest BCUT2D eigenvalue weighted by Gasteiger charge is 2.26. The Bertz CT molecular complexity index is 558. The van der Waals surface area contributed by atoms with Gasteiger partial charge in [0.05, 0.1) is 0 Å². The number of ether oxygens (including phenoxy) is 1. The van der Waals surface area contributed by atoms with Crippen molar-refractivity contribution in [3.63, 3.8) is 0 Å². The zero-order chi connectivity index (χ0) is 17.7. The van der Waals surface area contributed by atoms with Crippen molar-refractivity contribution >= 4 is 23.4 Å². The van der Waals surface area contributed by atoms with Crippen LogP contribution in [0.3, 0.4) is 0 Å². The zero-order valence-corrected chi connectivity index (χ0v) is 15.8. The number of hydrogen-bond acceptors (Lipinski definition) is 4. The third-order valence-corrected chi connectivity index (χ3v) is 4.60. The summed E-state index contributed by atoms with van der Waals surface area (Å²) in [7, 11) is 0. The predicted molar refractivity (Wildman–Crippen MR) is 98.6 cm³/mol. The van der Waals surface area contributed by atoms with Crippen LogP contribution in [-0.2, 0) is 4.74 Å². The molecule has 0 aliphatic carbocycles. The van der Waals surface area contributed by atoms with Crippen molar-refractivity contribution in [1.29, 1.82) is 0 Å². The molecule has 0 spiro atoms. The largest absolute Gasteiger partial charge is 0.444 e. The number of carbonyl (C=O) groups is 1. The van der Waals surface area contributed by atoms with E-state index < -0.39 is 5.60 Å². The minimum Gasteiger partial charge on any atom is -0.444 e. The molecule has 1 fully saturated rings. The van der Waals surface area contributed by atoms with Gasteiger partial charge >= 0.3 is 6.09 Å². The number of aliphatic imine (C=N–C) groups is 1. The molecule has 1 saturated heterocycles. The van der Waals surface area contributed by atoms with E-state index in [0.29, 0.717) is 44.6 Å². The summed E-state index contributed by atoms with van der Waals surface area (Å²) in [5, 5.41) is 4.23. The highest BCUT2D eigenvalue weighted by molar-refractivity contribution is 7.07. The minimum absolute atomic E-state index is 0.260. The van der Waals surface area contributed by atoms with Gasteiger partial charge in [-0.1, -0.05) is 6.92 Å². The Labute approximate surface area is 148 Å². The number of guanidine groups is 1. The van der Waals surface area contributed by atoms with E-state index in [1.165, 1.54) is 5.56 Å². The number of carbonyl (C=O) groups excluding carboxylic acids is 1. The third-order valence-electron chi connectivity index (χ3n) is 3.89. The van der Waals surface area contributed by atoms with Gasteiger partial charge in [0, 0.05) is 38.6 Å². The fraction of sp³-hybridized carbons (Fsp3) is 0.647. The lowest BCUT2D eigenvalue weighted by Crippen LogP contribution is -2.53. The first-order chi connectivity index (χ1) is 11.3. The van der Waals surface area contributed by atoms with Gasteiger partial charge in [-0.15, -0.1) is 0 Å². The van der Waals surface area contributed by atoms with Crippen LogP contribution < -0.4 is 5.73 Å². The molecule has 7 heteroatoms. The molecule has 24 heavy (non-hydrogen) atoms. The SMILES string of the molecule is CC(CN=C(N)N1CCN(C(=O)OC(C)(C)C)CC1)c1ccsc1. The fourth-order valence-electron chi connectivity index (χ4n) is 2.44. The van der Waals surface area contributed by atoms with Crippen molar-refractivity contribution in [2.24, 2.45) is 10.7 Å². The number of piperazine rings is 1. The standard InChI is InChI=1S/C17H28N4O2S/c1-13(14-5-10-24-12-14)11-19-15(18)20-6-8-21(9-7-20)16(22)23-17(2,3)4/h5,10,12-13H,6-9,11H2,1-4H3,(H2,18,19). The summed E-state index contributed by atoms with van der Waals surface area (Å²) in [6.07, 6.45) is -0.260. The molecule has 0 radical (unpaired) electrons. The molecular weight excluding hydrogens is 324 g/mol. The van der Waals surface area contributed by atoms with Crippen LogP contribution in [-0.4, -0.2) is 60.2 Å². The highest BCUT2D eigenvalue weighted by atomic mass is 32.1. The predicted octanol–water partition coefficient (Wildman–Crippen LogP) is 2.72. The van der Waals surface area contributed by atoms with Crippen LogP contribution in [0.1, 0.15) is 39.2 Å². The summed E-state index contributed by atoms with van der Waals surface area (Å²) in [6.45, 7) is 11.0. The number of thiophene rings is 1. The lowest BCUT2D eigenvalue weighted by molar-refractivity contribution is 0.0186. The van der Waals surface area contributed by atoms with Gasteiger partial charge in [-0.25, -0.2) is 4.79 Å². The van der Waals surface area contributed by atoms with E-state index >= 15 is 0 Å². The summed E-state index contributed by atoms with van der Waals surface area (Å²) in [5.41, 5.74) is 6.95. The van der Waals surface area contributed by atoms with E-state index in [-0.39, 0.29) is 6.09 Å². The van der Waals surface area contributed by atoms with Crippen LogP contribution >= 0.6 is 11.3 Å². The van der Waals surface area contributed by atoms with Crippen molar-refractivity contribution in [2.45, 2.75) is 39.2 Å². The van der Waals surface area contributed by atoms with Crippen LogP contribution in [0.2, 0.25) is 0 Å². The summed E-state index contributed by atoms with van der Waals surface area (Å²) in [4.78, 5) is 20.3. The molecule has 1 aliphatic rings. The highest BCUT2D eigenvalue weighted by Crippen LogP contribution is 2.18. The molecular formula is C17H28N4O2S. The molecule has 1 unspecified atom stereocenters. The van der Waals surface area contributed by atoms with Gasteiger partial charge in [0.25, 0.3) is 0 Å². The van der Waals surface area contributed by atoms with Gasteiger partial charge in [-0.2, -0.15) is 11.3 Å². The maximum atomic E-state index is 12.1. The second kappa shape index (κ2) is 7.88. The van der Waals surface area contributed by atoms with Crippen molar-refractivity contribution in [3.05, 3.63) is 22.4 Å². The van der Waals surface area contributed by atoms with Crippen LogP contribution in [0.15, 0.2) is 21.8 Å². The van der Waals surface area contributed by atoms with Crippen LogP contribution in [0.4, 0.5) is 4.79 Å². The third kappa shape index (κ3) is 5.40. The monoisotopic (exact) mass is 352 g/mol. The van der Waals surface area contributed by atoms with E-state index in [2.05, 4.69) is 28.7 Å². The summed E-state index contributed by atoms with van der Waals surface area (Å²) >= 11 is 1.70. The Hall–Kier alpha value is -1.76. The Kier molecular flexibility index (Phi) is 6.10. The molecule has 134 valence electrons. The van der Waals surface area contributed by atoms with E-state index in [9.17, 15) is 4.79 Å². The summed E-state index contributed by atoms with van der Waals surface area (Å²) in [6, 6.07) is 2.13. The molecule has 2 heterocycles. The number of rotatable bonds is 3. The summed E-state index contributed by atoms with van der Waals surface area (Å²) in [5.74, 6) is 0.916. The van der Waals surface area contributed by atoms with Crippen LogP contribution in [0.5, 0.6) is 0 Å². The number of nitrogens with two attached hydrogens (primary N) is 1. The summed E-state index contributed by atoms with van der Waals surface area (Å²) < 4.78 is 5.40. The van der Waals surface area contributed by atoms with Crippen LogP contribution in [0.25, 0.3) is 0 Å². The van der Waals surface area contributed by atoms with Crippen LogP contribution in [0, 0.1) is 0 Å². The van der Waals surface area contributed by atoms with Gasteiger partial charge in [0.2, 0.25) is 0 Å². The molecule has 1 aromatic rings. The lowest BCUT2D eigenvalue weighted by atomic mass is 10.1. The molecule has 0 aromatic carbocycles. The molecule has 2 N–H and O–H groups in total. The molecule has 1 atom stereocenters.